The smallest absolute Gasteiger partial charge is 0.253 e. The van der Waals surface area contributed by atoms with E-state index in [1.165, 1.54) is 18.0 Å². The number of para-hydroxylation sites is 1. The number of benzene rings is 2. The number of fused-ring (bicyclic) bond motifs is 1. The number of aromatic nitrogens is 1. The lowest BCUT2D eigenvalue weighted by molar-refractivity contribution is 0.0760. The van der Waals surface area contributed by atoms with Crippen LogP contribution in [0.15, 0.2) is 89.2 Å². The van der Waals surface area contributed by atoms with Crippen molar-refractivity contribution in [3.05, 3.63) is 89.9 Å². The monoisotopic (exact) mass is 518 g/mol. The van der Waals surface area contributed by atoms with Crippen molar-refractivity contribution in [1.29, 1.82) is 0 Å². The lowest BCUT2D eigenvalue weighted by Gasteiger charge is -2.27. The predicted octanol–water partition coefficient (Wildman–Crippen LogP) is 5.70. The van der Waals surface area contributed by atoms with Crippen LogP contribution >= 0.6 is 11.9 Å². The molecule has 2 heterocycles. The highest BCUT2D eigenvalue weighted by atomic mass is 32.2. The van der Waals surface area contributed by atoms with Crippen molar-refractivity contribution >= 4 is 34.4 Å². The van der Waals surface area contributed by atoms with E-state index in [1.807, 2.05) is 65.6 Å². The lowest BCUT2D eigenvalue weighted by Crippen LogP contribution is -2.37. The van der Waals surface area contributed by atoms with E-state index in [4.69, 9.17) is 4.74 Å². The number of hydrogen-bond donors (Lipinski definition) is 1. The fourth-order valence-electron chi connectivity index (χ4n) is 4.82. The molecule has 2 aromatic carbocycles. The van der Waals surface area contributed by atoms with Gasteiger partial charge in [0.1, 0.15) is 5.83 Å². The minimum absolute atomic E-state index is 0.0278. The van der Waals surface area contributed by atoms with E-state index in [-0.39, 0.29) is 17.8 Å². The predicted molar refractivity (Wildman–Crippen MR) is 147 cm³/mol. The molecule has 1 aliphatic carbocycles. The molecule has 2 aliphatic rings. The third-order valence-corrected chi connectivity index (χ3v) is 7.76. The molecule has 1 amide bonds. The van der Waals surface area contributed by atoms with Crippen LogP contribution in [0.25, 0.3) is 10.9 Å². The summed E-state index contributed by atoms with van der Waals surface area (Å²) in [5, 5.41) is 1.10. The quantitative estimate of drug-likeness (QED) is 0.405. The molecule has 0 bridgehead atoms. The maximum atomic E-state index is 14.4. The summed E-state index contributed by atoms with van der Waals surface area (Å²) in [6, 6.07) is 17.7. The second-order valence-corrected chi connectivity index (χ2v) is 10.1. The topological polar surface area (TPSA) is 57.7 Å². The summed E-state index contributed by atoms with van der Waals surface area (Å²) in [7, 11) is 1.63. The number of rotatable bonds is 7. The minimum atomic E-state index is -0.215. The SMILES string of the molecule is COC1CC=CC(F)=C1CN1CCCN(C(=O)c2ccc(NSc3cccc4cccnc34)cc2)CC1. The Labute approximate surface area is 221 Å². The van der Waals surface area contributed by atoms with Crippen molar-refractivity contribution in [2.45, 2.75) is 23.8 Å². The normalized spacial score (nSPS) is 18.8. The Bertz CT molecular complexity index is 1310. The van der Waals surface area contributed by atoms with Gasteiger partial charge >= 0.3 is 0 Å². The van der Waals surface area contributed by atoms with E-state index in [0.717, 1.165) is 34.5 Å². The van der Waals surface area contributed by atoms with Crippen LogP contribution < -0.4 is 4.72 Å². The molecule has 37 heavy (non-hydrogen) atoms. The number of carbonyl (C=O) groups excluding carboxylic acids is 1. The number of amides is 1. The average Bonchev–Trinajstić information content (AvgIpc) is 3.18. The van der Waals surface area contributed by atoms with Crippen LogP contribution in [0.3, 0.4) is 0 Å². The van der Waals surface area contributed by atoms with E-state index >= 15 is 0 Å². The van der Waals surface area contributed by atoms with E-state index < -0.39 is 0 Å². The number of nitrogens with zero attached hydrogens (tertiary/aromatic N) is 3. The van der Waals surface area contributed by atoms with Gasteiger partial charge in [0.05, 0.1) is 16.5 Å². The summed E-state index contributed by atoms with van der Waals surface area (Å²) in [6.45, 7) is 3.36. The number of methoxy groups -OCH3 is 1. The first-order chi connectivity index (χ1) is 18.1. The van der Waals surface area contributed by atoms with Crippen molar-refractivity contribution < 1.29 is 13.9 Å². The van der Waals surface area contributed by atoms with E-state index in [9.17, 15) is 9.18 Å². The van der Waals surface area contributed by atoms with Crippen molar-refractivity contribution in [3.8, 4) is 0 Å². The van der Waals surface area contributed by atoms with Crippen LogP contribution in [0, 0.1) is 0 Å². The molecule has 0 radical (unpaired) electrons. The van der Waals surface area contributed by atoms with Gasteiger partial charge in [0.25, 0.3) is 5.91 Å². The van der Waals surface area contributed by atoms with Crippen molar-refractivity contribution in [2.75, 3.05) is 44.6 Å². The number of anilines is 1. The lowest BCUT2D eigenvalue weighted by atomic mass is 10.00. The minimum Gasteiger partial charge on any atom is -0.377 e. The number of allylic oxidation sites excluding steroid dienone is 2. The summed E-state index contributed by atoms with van der Waals surface area (Å²) >= 11 is 1.51. The maximum Gasteiger partial charge on any atom is 0.253 e. The Kier molecular flexibility index (Phi) is 8.18. The number of halogens is 1. The standard InChI is InChI=1S/C29H31FN4O2S/c1-36-26-9-3-8-25(30)24(26)20-33-16-5-17-34(19-18-33)29(35)22-11-13-23(14-12-22)32-37-27-10-2-6-21-7-4-15-31-28(21)27/h2-4,6-8,10-15,26,32H,5,9,16-20H2,1H3. The van der Waals surface area contributed by atoms with Gasteiger partial charge in [-0.3, -0.25) is 14.7 Å². The molecule has 1 saturated heterocycles. The third kappa shape index (κ3) is 6.04. The number of hydrogen-bond acceptors (Lipinski definition) is 6. The fourth-order valence-corrected chi connectivity index (χ4v) is 5.60. The first kappa shape index (κ1) is 25.4. The second kappa shape index (κ2) is 11.9. The van der Waals surface area contributed by atoms with Crippen molar-refractivity contribution in [3.63, 3.8) is 0 Å². The Morgan fingerprint density at radius 3 is 2.78 bits per heavy atom. The Balaban J connectivity index is 1.17. The summed E-state index contributed by atoms with van der Waals surface area (Å²) in [5.74, 6) is -0.168. The largest absolute Gasteiger partial charge is 0.377 e. The van der Waals surface area contributed by atoms with Gasteiger partial charge in [0.15, 0.2) is 0 Å². The molecule has 1 N–H and O–H groups in total. The molecule has 0 spiro atoms. The van der Waals surface area contributed by atoms with Crippen molar-refractivity contribution in [1.82, 2.24) is 14.8 Å². The third-order valence-electron chi connectivity index (χ3n) is 6.87. The summed E-state index contributed by atoms with van der Waals surface area (Å²) in [6.07, 6.45) is 6.48. The van der Waals surface area contributed by atoms with Crippen LogP contribution in [0.1, 0.15) is 23.2 Å². The Hall–Kier alpha value is -3.20. The van der Waals surface area contributed by atoms with Crippen LogP contribution in [0.5, 0.6) is 0 Å². The van der Waals surface area contributed by atoms with Gasteiger partial charge < -0.3 is 14.4 Å². The van der Waals surface area contributed by atoms with Gasteiger partial charge in [-0.25, -0.2) is 4.39 Å². The van der Waals surface area contributed by atoms with Gasteiger partial charge in [0, 0.05) is 68.2 Å². The molecular formula is C29H31FN4O2S. The second-order valence-electron chi connectivity index (χ2n) is 9.27. The van der Waals surface area contributed by atoms with E-state index in [1.54, 1.807) is 13.3 Å². The van der Waals surface area contributed by atoms with Gasteiger partial charge in [-0.05, 0) is 67.3 Å². The Morgan fingerprint density at radius 2 is 1.95 bits per heavy atom. The molecule has 1 fully saturated rings. The number of nitrogens with one attached hydrogen (secondary N) is 1. The molecule has 5 rings (SSSR count). The molecule has 3 aromatic rings. The molecule has 1 aromatic heterocycles. The molecule has 1 atom stereocenters. The molecule has 1 aliphatic heterocycles. The molecule has 8 heteroatoms. The van der Waals surface area contributed by atoms with Crippen LogP contribution in [-0.2, 0) is 4.74 Å². The number of carbonyl (C=O) groups is 1. The zero-order valence-electron chi connectivity index (χ0n) is 20.9. The highest BCUT2D eigenvalue weighted by Crippen LogP contribution is 2.28. The van der Waals surface area contributed by atoms with Crippen LogP contribution in [0.4, 0.5) is 10.1 Å². The first-order valence-electron chi connectivity index (χ1n) is 12.6. The Morgan fingerprint density at radius 1 is 1.11 bits per heavy atom. The van der Waals surface area contributed by atoms with Crippen LogP contribution in [0.2, 0.25) is 0 Å². The van der Waals surface area contributed by atoms with Gasteiger partial charge in [-0.15, -0.1) is 0 Å². The summed E-state index contributed by atoms with van der Waals surface area (Å²) in [5.41, 5.74) is 3.24. The summed E-state index contributed by atoms with van der Waals surface area (Å²) < 4.78 is 23.3. The fraction of sp³-hybridized carbons (Fsp3) is 0.310. The molecule has 0 saturated carbocycles. The maximum absolute atomic E-state index is 14.4. The van der Waals surface area contributed by atoms with E-state index in [2.05, 4.69) is 14.6 Å². The van der Waals surface area contributed by atoms with E-state index in [0.29, 0.717) is 43.7 Å². The average molecular weight is 519 g/mol. The molecule has 6 nitrogen and oxygen atoms in total. The molecule has 1 unspecified atom stereocenters. The number of pyridine rings is 1. The summed E-state index contributed by atoms with van der Waals surface area (Å²) in [4.78, 5) is 22.9. The zero-order valence-corrected chi connectivity index (χ0v) is 21.7. The first-order valence-corrected chi connectivity index (χ1v) is 13.4. The van der Waals surface area contributed by atoms with Crippen molar-refractivity contribution in [2.24, 2.45) is 0 Å². The highest BCUT2D eigenvalue weighted by molar-refractivity contribution is 8.00. The van der Waals surface area contributed by atoms with Crippen LogP contribution in [-0.4, -0.2) is 66.6 Å². The number of ether oxygens (including phenoxy) is 1. The zero-order chi connectivity index (χ0) is 25.6. The van der Waals surface area contributed by atoms with Gasteiger partial charge in [-0.1, -0.05) is 24.3 Å². The van der Waals surface area contributed by atoms with Gasteiger partial charge in [-0.2, -0.15) is 0 Å². The molecular weight excluding hydrogens is 487 g/mol. The highest BCUT2D eigenvalue weighted by Gasteiger charge is 2.25. The molecule has 192 valence electrons. The van der Waals surface area contributed by atoms with Gasteiger partial charge in [0.2, 0.25) is 0 Å².